The van der Waals surface area contributed by atoms with Gasteiger partial charge in [0.25, 0.3) is 0 Å². The first-order chi connectivity index (χ1) is 9.10. The normalized spacial score (nSPS) is 10.2. The number of nitrogens with two attached hydrogens (primary N) is 1. The Morgan fingerprint density at radius 2 is 1.89 bits per heavy atom. The number of aryl methyl sites for hydroxylation is 1. The minimum Gasteiger partial charge on any atom is -0.457 e. The molecule has 0 unspecified atom stereocenters. The van der Waals surface area contributed by atoms with E-state index in [1.807, 2.05) is 30.3 Å². The van der Waals surface area contributed by atoms with Crippen LogP contribution in [0, 0.1) is 0 Å². The molecule has 0 radical (unpaired) electrons. The molecule has 0 saturated heterocycles. The molecule has 0 fully saturated rings. The lowest BCUT2D eigenvalue weighted by molar-refractivity contribution is 0.481. The van der Waals surface area contributed by atoms with Crippen molar-refractivity contribution in [3.05, 3.63) is 58.1 Å². The molecular weight excluding hydrogens is 322 g/mol. The zero-order valence-electron chi connectivity index (χ0n) is 10.5. The summed E-state index contributed by atoms with van der Waals surface area (Å²) in [7, 11) is 0. The summed E-state index contributed by atoms with van der Waals surface area (Å²) in [6.07, 6.45) is 1.01. The summed E-state index contributed by atoms with van der Waals surface area (Å²) in [4.78, 5) is 0.321. The molecule has 98 valence electrons. The molecule has 0 atom stereocenters. The topological polar surface area (TPSA) is 35.2 Å². The lowest BCUT2D eigenvalue weighted by Gasteiger charge is -2.11. The van der Waals surface area contributed by atoms with Gasteiger partial charge in [-0.2, -0.15) is 0 Å². The summed E-state index contributed by atoms with van der Waals surface area (Å²) in [5, 5.41) is 0. The summed E-state index contributed by atoms with van der Waals surface area (Å²) in [6.45, 7) is 2.12. The maximum Gasteiger partial charge on any atom is 0.137 e. The number of rotatable bonds is 4. The van der Waals surface area contributed by atoms with Gasteiger partial charge in [-0.05, 0) is 42.3 Å². The summed E-state index contributed by atoms with van der Waals surface area (Å²) in [6, 6.07) is 13.6. The van der Waals surface area contributed by atoms with Crippen molar-refractivity contribution in [1.82, 2.24) is 0 Å². The third-order valence-corrected chi connectivity index (χ3v) is 3.48. The minimum atomic E-state index is 0.321. The molecule has 2 nitrogen and oxygen atoms in total. The van der Waals surface area contributed by atoms with Crippen molar-refractivity contribution in [3.8, 4) is 11.5 Å². The molecule has 0 heterocycles. The van der Waals surface area contributed by atoms with Crippen LogP contribution in [-0.4, -0.2) is 4.99 Å². The maximum atomic E-state index is 5.84. The van der Waals surface area contributed by atoms with Crippen molar-refractivity contribution >= 4 is 33.1 Å². The van der Waals surface area contributed by atoms with Gasteiger partial charge in [-0.1, -0.05) is 47.2 Å². The largest absolute Gasteiger partial charge is 0.457 e. The van der Waals surface area contributed by atoms with Crippen LogP contribution < -0.4 is 10.5 Å². The Morgan fingerprint density at radius 3 is 2.47 bits per heavy atom. The predicted molar refractivity (Wildman–Crippen MR) is 85.9 cm³/mol. The third kappa shape index (κ3) is 3.55. The quantitative estimate of drug-likeness (QED) is 0.839. The first-order valence-electron chi connectivity index (χ1n) is 5.96. The fourth-order valence-electron chi connectivity index (χ4n) is 1.70. The molecule has 0 aliphatic heterocycles. The van der Waals surface area contributed by atoms with Gasteiger partial charge >= 0.3 is 0 Å². The van der Waals surface area contributed by atoms with Gasteiger partial charge in [-0.25, -0.2) is 0 Å². The molecule has 0 saturated carbocycles. The van der Waals surface area contributed by atoms with Gasteiger partial charge in [-0.3, -0.25) is 0 Å². The Hall–Kier alpha value is -1.39. The van der Waals surface area contributed by atoms with Gasteiger partial charge in [0.05, 0.1) is 5.56 Å². The number of thiocarbonyl (C=S) groups is 1. The zero-order chi connectivity index (χ0) is 13.8. The van der Waals surface area contributed by atoms with E-state index in [2.05, 4.69) is 35.0 Å². The van der Waals surface area contributed by atoms with E-state index < -0.39 is 0 Å². The highest BCUT2D eigenvalue weighted by Gasteiger charge is 2.08. The third-order valence-electron chi connectivity index (χ3n) is 2.77. The van der Waals surface area contributed by atoms with Gasteiger partial charge in [-0.15, -0.1) is 0 Å². The average molecular weight is 336 g/mol. The molecule has 0 aromatic heterocycles. The Morgan fingerprint density at radius 1 is 1.21 bits per heavy atom. The number of hydrogen-bond donors (Lipinski definition) is 1. The van der Waals surface area contributed by atoms with Crippen LogP contribution in [-0.2, 0) is 6.42 Å². The smallest absolute Gasteiger partial charge is 0.137 e. The monoisotopic (exact) mass is 335 g/mol. The van der Waals surface area contributed by atoms with E-state index in [1.54, 1.807) is 0 Å². The van der Waals surface area contributed by atoms with Gasteiger partial charge < -0.3 is 10.5 Å². The van der Waals surface area contributed by atoms with E-state index in [4.69, 9.17) is 22.7 Å². The number of halogens is 1. The van der Waals surface area contributed by atoms with Crippen LogP contribution in [0.1, 0.15) is 18.1 Å². The Balaban J connectivity index is 2.29. The van der Waals surface area contributed by atoms with E-state index in [1.165, 1.54) is 5.56 Å². The van der Waals surface area contributed by atoms with Crippen molar-refractivity contribution < 1.29 is 4.74 Å². The number of benzene rings is 2. The van der Waals surface area contributed by atoms with E-state index in [0.717, 1.165) is 22.2 Å². The molecular formula is C15H14BrNOS. The minimum absolute atomic E-state index is 0.321. The van der Waals surface area contributed by atoms with E-state index in [-0.39, 0.29) is 0 Å². The van der Waals surface area contributed by atoms with Gasteiger partial charge in [0, 0.05) is 4.47 Å². The van der Waals surface area contributed by atoms with Crippen molar-refractivity contribution in [1.29, 1.82) is 0 Å². The second-order valence-electron chi connectivity index (χ2n) is 4.10. The molecule has 4 heteroatoms. The summed E-state index contributed by atoms with van der Waals surface area (Å²) >= 11 is 8.44. The van der Waals surface area contributed by atoms with Crippen LogP contribution in [0.2, 0.25) is 0 Å². The molecule has 2 N–H and O–H groups in total. The van der Waals surface area contributed by atoms with Crippen molar-refractivity contribution in [2.75, 3.05) is 0 Å². The highest BCUT2D eigenvalue weighted by molar-refractivity contribution is 9.10. The zero-order valence-corrected chi connectivity index (χ0v) is 12.9. The SMILES string of the molecule is CCc1ccc(Oc2ccc(Br)cc2C(N)=S)cc1. The number of ether oxygens (including phenoxy) is 1. The summed E-state index contributed by atoms with van der Waals surface area (Å²) in [5.41, 5.74) is 7.71. The lowest BCUT2D eigenvalue weighted by Crippen LogP contribution is -2.10. The molecule has 2 aromatic rings. The van der Waals surface area contributed by atoms with E-state index in [0.29, 0.717) is 10.7 Å². The lowest BCUT2D eigenvalue weighted by atomic mass is 10.1. The highest BCUT2D eigenvalue weighted by atomic mass is 79.9. The van der Waals surface area contributed by atoms with Crippen LogP contribution in [0.5, 0.6) is 11.5 Å². The molecule has 0 aliphatic rings. The van der Waals surface area contributed by atoms with E-state index >= 15 is 0 Å². The second kappa shape index (κ2) is 6.17. The molecule has 2 aromatic carbocycles. The van der Waals surface area contributed by atoms with Crippen molar-refractivity contribution in [2.45, 2.75) is 13.3 Å². The number of hydrogen-bond acceptors (Lipinski definition) is 2. The van der Waals surface area contributed by atoms with Crippen LogP contribution >= 0.6 is 28.1 Å². The molecule has 2 rings (SSSR count). The van der Waals surface area contributed by atoms with Crippen LogP contribution in [0.25, 0.3) is 0 Å². The molecule has 0 aliphatic carbocycles. The van der Waals surface area contributed by atoms with Gasteiger partial charge in [0.15, 0.2) is 0 Å². The molecule has 19 heavy (non-hydrogen) atoms. The van der Waals surface area contributed by atoms with Crippen molar-refractivity contribution in [2.24, 2.45) is 5.73 Å². The molecule has 0 bridgehead atoms. The fraction of sp³-hybridized carbons (Fsp3) is 0.133. The van der Waals surface area contributed by atoms with Gasteiger partial charge in [0.1, 0.15) is 16.5 Å². The molecule has 0 amide bonds. The van der Waals surface area contributed by atoms with Gasteiger partial charge in [0.2, 0.25) is 0 Å². The summed E-state index contributed by atoms with van der Waals surface area (Å²) in [5.74, 6) is 1.44. The first-order valence-corrected chi connectivity index (χ1v) is 7.16. The van der Waals surface area contributed by atoms with E-state index in [9.17, 15) is 0 Å². The maximum absolute atomic E-state index is 5.84. The summed E-state index contributed by atoms with van der Waals surface area (Å²) < 4.78 is 6.76. The van der Waals surface area contributed by atoms with Crippen LogP contribution in [0.4, 0.5) is 0 Å². The van der Waals surface area contributed by atoms with Crippen LogP contribution in [0.3, 0.4) is 0 Å². The molecule has 0 spiro atoms. The fourth-order valence-corrected chi connectivity index (χ4v) is 2.22. The Labute approximate surface area is 126 Å². The predicted octanol–water partition coefficient (Wildman–Crippen LogP) is 4.44. The average Bonchev–Trinajstić information content (AvgIpc) is 2.41. The second-order valence-corrected chi connectivity index (χ2v) is 5.46. The Kier molecular flexibility index (Phi) is 4.56. The van der Waals surface area contributed by atoms with Crippen LogP contribution in [0.15, 0.2) is 46.9 Å². The standard InChI is InChI=1S/C15H14BrNOS/c1-2-10-3-6-12(7-4-10)18-14-8-5-11(16)9-13(14)15(17)19/h3-9H,2H2,1H3,(H2,17,19). The Bertz CT molecular complexity index is 596. The highest BCUT2D eigenvalue weighted by Crippen LogP contribution is 2.28. The van der Waals surface area contributed by atoms with Crippen molar-refractivity contribution in [3.63, 3.8) is 0 Å². The first kappa shape index (κ1) is 14.0.